The van der Waals surface area contributed by atoms with Gasteiger partial charge in [0.15, 0.2) is 11.4 Å². The maximum atomic E-state index is 13.1. The molecule has 1 aromatic heterocycles. The molecule has 0 saturated carbocycles. The summed E-state index contributed by atoms with van der Waals surface area (Å²) >= 11 is 12.9. The number of aromatic nitrogens is 2. The van der Waals surface area contributed by atoms with Crippen molar-refractivity contribution in [2.24, 2.45) is 0 Å². The van der Waals surface area contributed by atoms with Gasteiger partial charge in [0.1, 0.15) is 11.5 Å². The Kier molecular flexibility index (Phi) is 7.38. The van der Waals surface area contributed by atoms with Crippen molar-refractivity contribution < 1.29 is 13.2 Å². The van der Waals surface area contributed by atoms with Gasteiger partial charge in [-0.3, -0.25) is 4.79 Å². The molecule has 0 saturated heterocycles. The van der Waals surface area contributed by atoms with Crippen LogP contribution in [0, 0.1) is 0 Å². The predicted molar refractivity (Wildman–Crippen MR) is 144 cm³/mol. The van der Waals surface area contributed by atoms with Crippen molar-refractivity contribution in [3.8, 4) is 22.5 Å². The average molecular weight is 542 g/mol. The molecule has 0 unspecified atom stereocenters. The highest BCUT2D eigenvalue weighted by Gasteiger charge is 2.25. The minimum absolute atomic E-state index is 0.113. The highest BCUT2D eigenvalue weighted by molar-refractivity contribution is 7.89. The van der Waals surface area contributed by atoms with Gasteiger partial charge in [-0.25, -0.2) is 18.1 Å². The number of imidazole rings is 1. The van der Waals surface area contributed by atoms with E-state index in [-0.39, 0.29) is 22.3 Å². The van der Waals surface area contributed by atoms with Gasteiger partial charge in [-0.15, -0.1) is 0 Å². The molecule has 186 valence electrons. The number of halogens is 2. The number of hydrogen-bond acceptors (Lipinski definition) is 4. The Balaban J connectivity index is 1.74. The summed E-state index contributed by atoms with van der Waals surface area (Å²) in [7, 11) is -3.77. The van der Waals surface area contributed by atoms with Gasteiger partial charge in [-0.1, -0.05) is 83.9 Å². The first-order valence-corrected chi connectivity index (χ1v) is 13.4. The number of rotatable bonds is 7. The van der Waals surface area contributed by atoms with Crippen molar-refractivity contribution in [1.29, 1.82) is 0 Å². The van der Waals surface area contributed by atoms with E-state index in [4.69, 9.17) is 23.2 Å². The van der Waals surface area contributed by atoms with E-state index in [1.165, 1.54) is 0 Å². The molecule has 9 heteroatoms. The lowest BCUT2D eigenvalue weighted by Crippen LogP contribution is -2.40. The van der Waals surface area contributed by atoms with Gasteiger partial charge in [0, 0.05) is 21.7 Å². The lowest BCUT2D eigenvalue weighted by atomic mass is 10.0. The van der Waals surface area contributed by atoms with E-state index < -0.39 is 15.6 Å². The van der Waals surface area contributed by atoms with Crippen LogP contribution in [0.5, 0.6) is 0 Å². The number of nitrogens with one attached hydrogen (secondary N) is 1. The van der Waals surface area contributed by atoms with Crippen molar-refractivity contribution in [1.82, 2.24) is 14.3 Å². The molecule has 0 spiro atoms. The summed E-state index contributed by atoms with van der Waals surface area (Å²) in [5.41, 5.74) is 2.34. The van der Waals surface area contributed by atoms with E-state index in [9.17, 15) is 13.2 Å². The smallest absolute Gasteiger partial charge is 0.241 e. The number of nitrogens with zero attached hydrogens (tertiary/aromatic N) is 2. The Morgan fingerprint density at radius 3 is 2.25 bits per heavy atom. The fourth-order valence-corrected chi connectivity index (χ4v) is 6.04. The fourth-order valence-electron chi connectivity index (χ4n) is 3.93. The summed E-state index contributed by atoms with van der Waals surface area (Å²) in [5, 5.41) is 0.534. The molecular formula is C27H25Cl2N3O3S. The average Bonchev–Trinajstić information content (AvgIpc) is 3.14. The van der Waals surface area contributed by atoms with Gasteiger partial charge in [0.2, 0.25) is 10.0 Å². The SMILES string of the molecule is CC(C)(C)NS(=O)(=O)c1ccccc1-c1ccc(Cn2c(-c3ccccc3)nc(Cl)c2C=O)c(Cl)c1. The van der Waals surface area contributed by atoms with E-state index >= 15 is 0 Å². The normalized spacial score (nSPS) is 12.0. The Bertz CT molecular complexity index is 1530. The third-order valence-corrected chi connectivity index (χ3v) is 7.86. The summed E-state index contributed by atoms with van der Waals surface area (Å²) in [4.78, 5) is 16.4. The quantitative estimate of drug-likeness (QED) is 0.272. The van der Waals surface area contributed by atoms with Crippen LogP contribution in [0.3, 0.4) is 0 Å². The Hall–Kier alpha value is -2.97. The van der Waals surface area contributed by atoms with Crippen LogP contribution in [0.1, 0.15) is 36.8 Å². The van der Waals surface area contributed by atoms with Crippen LogP contribution in [-0.2, 0) is 16.6 Å². The topological polar surface area (TPSA) is 81.1 Å². The fraction of sp³-hybridized carbons (Fsp3) is 0.185. The molecular weight excluding hydrogens is 517 g/mol. The van der Waals surface area contributed by atoms with E-state index in [1.807, 2.05) is 42.5 Å². The second kappa shape index (κ2) is 10.2. The number of carbonyl (C=O) groups is 1. The molecule has 4 aromatic rings. The molecule has 0 bridgehead atoms. The Morgan fingerprint density at radius 2 is 1.61 bits per heavy atom. The third kappa shape index (κ3) is 5.55. The van der Waals surface area contributed by atoms with Crippen LogP contribution in [0.4, 0.5) is 0 Å². The summed E-state index contributed by atoms with van der Waals surface area (Å²) in [6.45, 7) is 5.62. The molecule has 6 nitrogen and oxygen atoms in total. The standard InChI is InChI=1S/C27H25Cl2N3O3S/c1-27(2,3)31-36(34,35)24-12-8-7-11-21(24)19-13-14-20(22(28)15-19)16-32-23(17-33)25(29)30-26(32)18-9-5-4-6-10-18/h4-15,17,31H,16H2,1-3H3. The van der Waals surface area contributed by atoms with Crippen LogP contribution in [0.2, 0.25) is 10.2 Å². The van der Waals surface area contributed by atoms with Crippen molar-refractivity contribution in [2.45, 2.75) is 37.8 Å². The molecule has 0 aliphatic heterocycles. The zero-order valence-electron chi connectivity index (χ0n) is 20.0. The Morgan fingerprint density at radius 1 is 0.944 bits per heavy atom. The van der Waals surface area contributed by atoms with Crippen LogP contribution in [-0.4, -0.2) is 29.8 Å². The van der Waals surface area contributed by atoms with Gasteiger partial charge in [0.05, 0.1) is 11.4 Å². The molecule has 0 fully saturated rings. The van der Waals surface area contributed by atoms with Gasteiger partial charge in [-0.05, 0) is 44.0 Å². The maximum Gasteiger partial charge on any atom is 0.241 e. The molecule has 0 radical (unpaired) electrons. The molecule has 3 aromatic carbocycles. The van der Waals surface area contributed by atoms with E-state index in [0.717, 1.165) is 11.1 Å². The molecule has 0 atom stereocenters. The monoisotopic (exact) mass is 541 g/mol. The summed E-state index contributed by atoms with van der Waals surface area (Å²) in [5.74, 6) is 0.549. The summed E-state index contributed by atoms with van der Waals surface area (Å²) in [6.07, 6.45) is 0.674. The maximum absolute atomic E-state index is 13.1. The highest BCUT2D eigenvalue weighted by atomic mass is 35.5. The molecule has 1 N–H and O–H groups in total. The minimum Gasteiger partial charge on any atom is -0.316 e. The minimum atomic E-state index is -3.77. The second-order valence-corrected chi connectivity index (χ2v) is 11.8. The van der Waals surface area contributed by atoms with E-state index in [0.29, 0.717) is 28.3 Å². The summed E-state index contributed by atoms with van der Waals surface area (Å²) < 4.78 is 30.6. The van der Waals surface area contributed by atoms with E-state index in [1.54, 1.807) is 55.7 Å². The number of sulfonamides is 1. The molecule has 0 amide bonds. The molecule has 0 aliphatic rings. The number of aldehydes is 1. The first-order chi connectivity index (χ1) is 17.0. The molecule has 36 heavy (non-hydrogen) atoms. The lowest BCUT2D eigenvalue weighted by Gasteiger charge is -2.21. The number of carbonyl (C=O) groups excluding carboxylic acids is 1. The Labute approximate surface area is 221 Å². The van der Waals surface area contributed by atoms with Crippen LogP contribution >= 0.6 is 23.2 Å². The van der Waals surface area contributed by atoms with Gasteiger partial charge >= 0.3 is 0 Å². The first kappa shape index (κ1) is 26.1. The zero-order valence-corrected chi connectivity index (χ0v) is 22.3. The van der Waals surface area contributed by atoms with Gasteiger partial charge < -0.3 is 4.57 Å². The largest absolute Gasteiger partial charge is 0.316 e. The molecule has 0 aliphatic carbocycles. The second-order valence-electron chi connectivity index (χ2n) is 9.34. The lowest BCUT2D eigenvalue weighted by molar-refractivity contribution is 0.111. The molecule has 4 rings (SSSR count). The van der Waals surface area contributed by atoms with Crippen molar-refractivity contribution in [3.63, 3.8) is 0 Å². The van der Waals surface area contributed by atoms with Crippen molar-refractivity contribution in [3.05, 3.63) is 94.2 Å². The highest BCUT2D eigenvalue weighted by Crippen LogP contribution is 2.33. The summed E-state index contributed by atoms with van der Waals surface area (Å²) in [6, 6.07) is 21.6. The first-order valence-electron chi connectivity index (χ1n) is 11.2. The third-order valence-electron chi connectivity index (χ3n) is 5.42. The van der Waals surface area contributed by atoms with Gasteiger partial charge in [-0.2, -0.15) is 0 Å². The van der Waals surface area contributed by atoms with Crippen molar-refractivity contribution >= 4 is 39.5 Å². The number of benzene rings is 3. The molecule has 1 heterocycles. The van der Waals surface area contributed by atoms with Crippen LogP contribution in [0.25, 0.3) is 22.5 Å². The predicted octanol–water partition coefficient (Wildman–Crippen LogP) is 6.46. The van der Waals surface area contributed by atoms with Crippen LogP contribution in [0.15, 0.2) is 77.7 Å². The number of hydrogen-bond donors (Lipinski definition) is 1. The van der Waals surface area contributed by atoms with E-state index in [2.05, 4.69) is 9.71 Å². The van der Waals surface area contributed by atoms with Crippen molar-refractivity contribution in [2.75, 3.05) is 0 Å². The van der Waals surface area contributed by atoms with Gasteiger partial charge in [0.25, 0.3) is 0 Å². The zero-order chi connectivity index (χ0) is 26.1. The van der Waals surface area contributed by atoms with Crippen LogP contribution < -0.4 is 4.72 Å².